The summed E-state index contributed by atoms with van der Waals surface area (Å²) in [5.41, 5.74) is 1.07. The van der Waals surface area contributed by atoms with Crippen LogP contribution in [0, 0.1) is 0 Å². The number of hydrogen-bond donors (Lipinski definition) is 2. The van der Waals surface area contributed by atoms with E-state index in [4.69, 9.17) is 10.2 Å². The molecule has 0 unspecified atom stereocenters. The number of piperazine rings is 1. The Morgan fingerprint density at radius 1 is 0.889 bits per heavy atom. The van der Waals surface area contributed by atoms with E-state index in [9.17, 15) is 22.8 Å². The highest BCUT2D eigenvalue weighted by molar-refractivity contribution is 7.99. The van der Waals surface area contributed by atoms with Gasteiger partial charge in [-0.2, -0.15) is 13.2 Å². The second-order valence-corrected chi connectivity index (χ2v) is 9.77. The number of carbonyl (C=O) groups is 2. The number of fused-ring (bicyclic) bond motifs is 2. The Labute approximate surface area is 212 Å². The Balaban J connectivity index is 0.000000392. The molecule has 2 heterocycles. The molecule has 2 aromatic carbocycles. The summed E-state index contributed by atoms with van der Waals surface area (Å²) < 4.78 is 39.8. The minimum atomic E-state index is -4.33. The first-order valence-electron chi connectivity index (χ1n) is 11.6. The lowest BCUT2D eigenvalue weighted by atomic mass is 10.1. The van der Waals surface area contributed by atoms with E-state index in [1.54, 1.807) is 17.8 Å². The van der Waals surface area contributed by atoms with Crippen LogP contribution in [0.3, 0.4) is 0 Å². The summed E-state index contributed by atoms with van der Waals surface area (Å²) in [6.45, 7) is 5.92. The molecule has 0 atom stereocenters. The lowest BCUT2D eigenvalue weighted by Gasteiger charge is -2.35. The van der Waals surface area contributed by atoms with Gasteiger partial charge in [0.15, 0.2) is 0 Å². The smallest absolute Gasteiger partial charge is 0.416 e. The molecule has 36 heavy (non-hydrogen) atoms. The molecule has 0 bridgehead atoms. The zero-order valence-electron chi connectivity index (χ0n) is 20.0. The Kier molecular flexibility index (Phi) is 9.63. The molecule has 1 fully saturated rings. The Morgan fingerprint density at radius 3 is 2.11 bits per heavy atom. The van der Waals surface area contributed by atoms with Crippen LogP contribution < -0.4 is 4.90 Å². The monoisotopic (exact) mass is 525 g/mol. The van der Waals surface area contributed by atoms with Gasteiger partial charge in [0.1, 0.15) is 0 Å². The normalized spacial score (nSPS) is 15.9. The SMILES string of the molecule is CN1CCN(CCCN2c3ccccc3Sc3ccc(C(F)(F)F)cc32)CC1.O=C(O)CCC(=O)O. The fourth-order valence-electron chi connectivity index (χ4n) is 3.98. The molecule has 0 aromatic heterocycles. The van der Waals surface area contributed by atoms with Gasteiger partial charge in [0.05, 0.1) is 29.8 Å². The van der Waals surface area contributed by atoms with Crippen molar-refractivity contribution in [2.24, 2.45) is 0 Å². The van der Waals surface area contributed by atoms with Crippen LogP contribution in [-0.4, -0.2) is 78.3 Å². The third-order valence-electron chi connectivity index (χ3n) is 5.96. The van der Waals surface area contributed by atoms with Gasteiger partial charge in [-0.3, -0.25) is 9.59 Å². The summed E-state index contributed by atoms with van der Waals surface area (Å²) in [5, 5.41) is 15.8. The quantitative estimate of drug-likeness (QED) is 0.529. The van der Waals surface area contributed by atoms with Gasteiger partial charge < -0.3 is 24.9 Å². The van der Waals surface area contributed by atoms with Gasteiger partial charge in [0.2, 0.25) is 0 Å². The number of likely N-dealkylation sites (N-methyl/N-ethyl adjacent to an activating group) is 1. The van der Waals surface area contributed by atoms with Crippen LogP contribution in [0.1, 0.15) is 24.8 Å². The van der Waals surface area contributed by atoms with Gasteiger partial charge in [0.25, 0.3) is 0 Å². The molecular formula is C25H30F3N3O4S. The van der Waals surface area contributed by atoms with Gasteiger partial charge in [-0.05, 0) is 50.3 Å². The number of nitrogens with zero attached hydrogens (tertiary/aromatic N) is 3. The predicted octanol–water partition coefficient (Wildman–Crippen LogP) is 4.88. The molecule has 2 aromatic rings. The second kappa shape index (κ2) is 12.5. The molecule has 1 saturated heterocycles. The number of rotatable bonds is 7. The summed E-state index contributed by atoms with van der Waals surface area (Å²) in [6, 6.07) is 12.0. The van der Waals surface area contributed by atoms with Crippen molar-refractivity contribution in [3.05, 3.63) is 48.0 Å². The molecule has 196 valence electrons. The predicted molar refractivity (Wildman–Crippen MR) is 132 cm³/mol. The van der Waals surface area contributed by atoms with E-state index in [1.165, 1.54) is 12.1 Å². The van der Waals surface area contributed by atoms with E-state index in [1.807, 2.05) is 24.3 Å². The third kappa shape index (κ3) is 7.87. The number of aliphatic carboxylic acids is 2. The van der Waals surface area contributed by atoms with E-state index >= 15 is 0 Å². The Bertz CT molecular complexity index is 1050. The zero-order chi connectivity index (χ0) is 26.3. The first-order valence-corrected chi connectivity index (χ1v) is 12.5. The summed E-state index contributed by atoms with van der Waals surface area (Å²) in [4.78, 5) is 28.1. The Hall–Kier alpha value is -2.76. The minimum absolute atomic E-state index is 0.296. The van der Waals surface area contributed by atoms with Crippen molar-refractivity contribution < 1.29 is 33.0 Å². The van der Waals surface area contributed by atoms with Crippen molar-refractivity contribution >= 4 is 35.1 Å². The number of hydrogen-bond acceptors (Lipinski definition) is 6. The summed E-state index contributed by atoms with van der Waals surface area (Å²) >= 11 is 1.54. The fraction of sp³-hybridized carbons (Fsp3) is 0.440. The summed E-state index contributed by atoms with van der Waals surface area (Å²) in [7, 11) is 2.13. The molecular weight excluding hydrogens is 495 g/mol. The van der Waals surface area contributed by atoms with Crippen molar-refractivity contribution in [2.75, 3.05) is 51.2 Å². The number of para-hydroxylation sites is 1. The van der Waals surface area contributed by atoms with Crippen molar-refractivity contribution in [3.8, 4) is 0 Å². The van der Waals surface area contributed by atoms with Crippen LogP contribution >= 0.6 is 11.8 Å². The molecule has 0 amide bonds. The maximum absolute atomic E-state index is 13.3. The van der Waals surface area contributed by atoms with Crippen molar-refractivity contribution in [1.82, 2.24) is 9.80 Å². The molecule has 2 N–H and O–H groups in total. The first kappa shape index (κ1) is 27.8. The molecule has 11 heteroatoms. The van der Waals surface area contributed by atoms with E-state index in [0.29, 0.717) is 12.2 Å². The van der Waals surface area contributed by atoms with Gasteiger partial charge in [-0.25, -0.2) is 0 Å². The lowest BCUT2D eigenvalue weighted by molar-refractivity contribution is -0.143. The third-order valence-corrected chi connectivity index (χ3v) is 7.09. The molecule has 0 saturated carbocycles. The van der Waals surface area contributed by atoms with Gasteiger partial charge >= 0.3 is 18.1 Å². The van der Waals surface area contributed by atoms with E-state index < -0.39 is 23.7 Å². The number of alkyl halides is 3. The molecule has 0 spiro atoms. The average molecular weight is 526 g/mol. The minimum Gasteiger partial charge on any atom is -0.481 e. The highest BCUT2D eigenvalue weighted by Crippen LogP contribution is 2.49. The standard InChI is InChI=1S/C21H24F3N3S.C4H6O4/c1-25-11-13-26(14-12-25)9-4-10-27-17-5-2-3-6-19(17)28-20-8-7-16(15-18(20)27)21(22,23)24;5-3(6)1-2-4(7)8/h2-3,5-8,15H,4,9-14H2,1H3;1-2H2,(H,5,6)(H,7,8). The zero-order valence-corrected chi connectivity index (χ0v) is 20.8. The van der Waals surface area contributed by atoms with Gasteiger partial charge in [-0.15, -0.1) is 0 Å². The largest absolute Gasteiger partial charge is 0.481 e. The fourth-order valence-corrected chi connectivity index (χ4v) is 5.06. The maximum Gasteiger partial charge on any atom is 0.416 e. The number of carboxylic acids is 2. The van der Waals surface area contributed by atoms with Crippen LogP contribution in [0.5, 0.6) is 0 Å². The summed E-state index contributed by atoms with van der Waals surface area (Å²) in [5.74, 6) is -2.15. The maximum atomic E-state index is 13.3. The number of anilines is 2. The van der Waals surface area contributed by atoms with Crippen LogP contribution in [0.25, 0.3) is 0 Å². The van der Waals surface area contributed by atoms with Crippen LogP contribution in [0.15, 0.2) is 52.3 Å². The van der Waals surface area contributed by atoms with Crippen molar-refractivity contribution in [1.29, 1.82) is 0 Å². The van der Waals surface area contributed by atoms with Crippen LogP contribution in [0.2, 0.25) is 0 Å². The topological polar surface area (TPSA) is 84.3 Å². The van der Waals surface area contributed by atoms with Crippen LogP contribution in [0.4, 0.5) is 24.5 Å². The van der Waals surface area contributed by atoms with Gasteiger partial charge in [0, 0.05) is 42.5 Å². The molecule has 2 aliphatic rings. The highest BCUT2D eigenvalue weighted by atomic mass is 32.2. The molecule has 2 aliphatic heterocycles. The molecule has 0 aliphatic carbocycles. The van der Waals surface area contributed by atoms with Crippen molar-refractivity contribution in [3.63, 3.8) is 0 Å². The number of halogens is 3. The molecule has 7 nitrogen and oxygen atoms in total. The number of benzene rings is 2. The van der Waals surface area contributed by atoms with E-state index in [-0.39, 0.29) is 12.8 Å². The van der Waals surface area contributed by atoms with E-state index in [2.05, 4.69) is 21.7 Å². The Morgan fingerprint density at radius 2 is 1.50 bits per heavy atom. The lowest BCUT2D eigenvalue weighted by Crippen LogP contribution is -2.45. The van der Waals surface area contributed by atoms with E-state index in [0.717, 1.165) is 54.6 Å². The van der Waals surface area contributed by atoms with Crippen molar-refractivity contribution in [2.45, 2.75) is 35.2 Å². The second-order valence-electron chi connectivity index (χ2n) is 8.69. The van der Waals surface area contributed by atoms with Crippen LogP contribution in [-0.2, 0) is 15.8 Å². The van der Waals surface area contributed by atoms with Gasteiger partial charge in [-0.1, -0.05) is 23.9 Å². The summed E-state index contributed by atoms with van der Waals surface area (Å²) in [6.07, 6.45) is -4.01. The average Bonchev–Trinajstić information content (AvgIpc) is 2.83. The first-order chi connectivity index (χ1) is 17.0. The number of carboxylic acid groups (broad SMARTS) is 2. The highest BCUT2D eigenvalue weighted by Gasteiger charge is 2.33. The molecule has 0 radical (unpaired) electrons. The molecule has 4 rings (SSSR count).